The number of aromatic nitrogens is 1. The average Bonchev–Trinajstić information content (AvgIpc) is 2.27. The van der Waals surface area contributed by atoms with Crippen LogP contribution in [0, 0.1) is 0 Å². The standard InChI is InChI=1S/C12H20N4O2/c1-8(13)7-10(17)15-11-9(16(2)3)5-6-14-12(11)18-4/h5-6,8H,7,13H2,1-4H3,(H,15,17). The summed E-state index contributed by atoms with van der Waals surface area (Å²) in [5.74, 6) is 0.235. The minimum absolute atomic E-state index is 0.153. The van der Waals surface area contributed by atoms with Gasteiger partial charge in [0.1, 0.15) is 5.69 Å². The number of pyridine rings is 1. The third-order valence-corrected chi connectivity index (χ3v) is 2.34. The van der Waals surface area contributed by atoms with Crippen LogP contribution in [-0.4, -0.2) is 38.1 Å². The van der Waals surface area contributed by atoms with E-state index < -0.39 is 0 Å². The second-order valence-electron chi connectivity index (χ2n) is 4.34. The van der Waals surface area contributed by atoms with Crippen LogP contribution in [-0.2, 0) is 4.79 Å². The predicted octanol–water partition coefficient (Wildman–Crippen LogP) is 0.832. The van der Waals surface area contributed by atoms with Gasteiger partial charge in [-0.3, -0.25) is 4.79 Å². The van der Waals surface area contributed by atoms with Crippen LogP contribution in [0.2, 0.25) is 0 Å². The van der Waals surface area contributed by atoms with Gasteiger partial charge in [-0.1, -0.05) is 0 Å². The zero-order valence-corrected chi connectivity index (χ0v) is 11.2. The second-order valence-corrected chi connectivity index (χ2v) is 4.34. The topological polar surface area (TPSA) is 80.5 Å². The fraction of sp³-hybridized carbons (Fsp3) is 0.500. The lowest BCUT2D eigenvalue weighted by molar-refractivity contribution is -0.116. The molecule has 1 rings (SSSR count). The van der Waals surface area contributed by atoms with Crippen LogP contribution < -0.4 is 20.7 Å². The van der Waals surface area contributed by atoms with Crippen LogP contribution in [0.3, 0.4) is 0 Å². The fourth-order valence-electron chi connectivity index (χ4n) is 1.56. The Bertz CT molecular complexity index is 419. The molecule has 6 nitrogen and oxygen atoms in total. The maximum Gasteiger partial charge on any atom is 0.239 e. The van der Waals surface area contributed by atoms with E-state index in [2.05, 4.69) is 10.3 Å². The molecule has 0 aliphatic carbocycles. The first-order valence-electron chi connectivity index (χ1n) is 5.71. The zero-order chi connectivity index (χ0) is 13.7. The van der Waals surface area contributed by atoms with Crippen molar-refractivity contribution in [1.29, 1.82) is 0 Å². The summed E-state index contributed by atoms with van der Waals surface area (Å²) in [6.07, 6.45) is 1.89. The van der Waals surface area contributed by atoms with Crippen LogP contribution in [0.4, 0.5) is 11.4 Å². The highest BCUT2D eigenvalue weighted by Gasteiger charge is 2.15. The van der Waals surface area contributed by atoms with Crippen molar-refractivity contribution in [3.05, 3.63) is 12.3 Å². The number of carbonyl (C=O) groups is 1. The van der Waals surface area contributed by atoms with E-state index in [-0.39, 0.29) is 18.4 Å². The molecule has 0 spiro atoms. The van der Waals surface area contributed by atoms with Crippen molar-refractivity contribution in [2.45, 2.75) is 19.4 Å². The number of carbonyl (C=O) groups excluding carboxylic acids is 1. The van der Waals surface area contributed by atoms with Gasteiger partial charge in [-0.2, -0.15) is 0 Å². The molecule has 3 N–H and O–H groups in total. The number of methoxy groups -OCH3 is 1. The van der Waals surface area contributed by atoms with Crippen molar-refractivity contribution >= 4 is 17.3 Å². The molecule has 0 aromatic carbocycles. The maximum absolute atomic E-state index is 11.8. The van der Waals surface area contributed by atoms with Crippen molar-refractivity contribution in [1.82, 2.24) is 4.98 Å². The number of nitrogens with zero attached hydrogens (tertiary/aromatic N) is 2. The highest BCUT2D eigenvalue weighted by molar-refractivity contribution is 5.96. The molecule has 0 fully saturated rings. The number of amides is 1. The van der Waals surface area contributed by atoms with Gasteiger partial charge in [-0.25, -0.2) is 4.98 Å². The molecule has 0 saturated carbocycles. The maximum atomic E-state index is 11.8. The lowest BCUT2D eigenvalue weighted by Crippen LogP contribution is -2.25. The molecule has 1 atom stereocenters. The van der Waals surface area contributed by atoms with Crippen molar-refractivity contribution in [2.75, 3.05) is 31.4 Å². The van der Waals surface area contributed by atoms with Gasteiger partial charge in [-0.05, 0) is 13.0 Å². The first-order chi connectivity index (χ1) is 8.45. The molecule has 1 amide bonds. The van der Waals surface area contributed by atoms with Crippen molar-refractivity contribution in [2.24, 2.45) is 5.73 Å². The van der Waals surface area contributed by atoms with Crippen LogP contribution >= 0.6 is 0 Å². The Labute approximate surface area is 107 Å². The summed E-state index contributed by atoms with van der Waals surface area (Å²) in [6, 6.07) is 1.62. The van der Waals surface area contributed by atoms with E-state index in [9.17, 15) is 4.79 Å². The summed E-state index contributed by atoms with van der Waals surface area (Å²) in [5, 5.41) is 2.79. The molecular formula is C12H20N4O2. The summed E-state index contributed by atoms with van der Waals surface area (Å²) < 4.78 is 5.16. The summed E-state index contributed by atoms with van der Waals surface area (Å²) >= 11 is 0. The molecule has 6 heteroatoms. The molecule has 1 heterocycles. The molecule has 1 unspecified atom stereocenters. The van der Waals surface area contributed by atoms with Gasteiger partial charge >= 0.3 is 0 Å². The van der Waals surface area contributed by atoms with E-state index in [0.717, 1.165) is 5.69 Å². The smallest absolute Gasteiger partial charge is 0.239 e. The van der Waals surface area contributed by atoms with Gasteiger partial charge in [0, 0.05) is 32.8 Å². The Hall–Kier alpha value is -1.82. The summed E-state index contributed by atoms with van der Waals surface area (Å²) in [6.45, 7) is 1.78. The number of ether oxygens (including phenoxy) is 1. The molecule has 0 saturated heterocycles. The van der Waals surface area contributed by atoms with Crippen LogP contribution in [0.1, 0.15) is 13.3 Å². The lowest BCUT2D eigenvalue weighted by Gasteiger charge is -2.19. The van der Waals surface area contributed by atoms with Crippen LogP contribution in [0.5, 0.6) is 5.88 Å². The Morgan fingerprint density at radius 1 is 1.61 bits per heavy atom. The third kappa shape index (κ3) is 3.59. The largest absolute Gasteiger partial charge is 0.479 e. The number of nitrogens with one attached hydrogen (secondary N) is 1. The predicted molar refractivity (Wildman–Crippen MR) is 72.0 cm³/mol. The van der Waals surface area contributed by atoms with E-state index in [1.807, 2.05) is 25.1 Å². The SMILES string of the molecule is COc1nccc(N(C)C)c1NC(=O)CC(C)N. The molecule has 0 aliphatic rings. The monoisotopic (exact) mass is 252 g/mol. The first-order valence-corrected chi connectivity index (χ1v) is 5.71. The molecule has 1 aromatic heterocycles. The molecule has 0 aliphatic heterocycles. The number of anilines is 2. The van der Waals surface area contributed by atoms with Crippen LogP contribution in [0.15, 0.2) is 12.3 Å². The Balaban J connectivity index is 3.01. The normalized spacial score (nSPS) is 11.8. The van der Waals surface area contributed by atoms with Crippen LogP contribution in [0.25, 0.3) is 0 Å². The molecule has 18 heavy (non-hydrogen) atoms. The summed E-state index contributed by atoms with van der Waals surface area (Å²) in [5.41, 5.74) is 7.00. The Kier molecular flexibility index (Phi) is 4.91. The number of rotatable bonds is 5. The van der Waals surface area contributed by atoms with Gasteiger partial charge in [0.05, 0.1) is 12.8 Å². The number of hydrogen-bond acceptors (Lipinski definition) is 5. The average molecular weight is 252 g/mol. The van der Waals surface area contributed by atoms with E-state index in [1.54, 1.807) is 13.1 Å². The van der Waals surface area contributed by atoms with Gasteiger partial charge in [0.15, 0.2) is 0 Å². The zero-order valence-electron chi connectivity index (χ0n) is 11.2. The quantitative estimate of drug-likeness (QED) is 0.811. The Morgan fingerprint density at radius 2 is 2.28 bits per heavy atom. The van der Waals surface area contributed by atoms with Gasteiger partial charge in [0.2, 0.25) is 11.8 Å². The number of hydrogen-bond donors (Lipinski definition) is 2. The molecule has 1 aromatic rings. The second kappa shape index (κ2) is 6.20. The van der Waals surface area contributed by atoms with E-state index in [4.69, 9.17) is 10.5 Å². The molecule has 100 valence electrons. The van der Waals surface area contributed by atoms with E-state index >= 15 is 0 Å². The minimum atomic E-state index is -0.185. The summed E-state index contributed by atoms with van der Waals surface area (Å²) in [4.78, 5) is 17.7. The summed E-state index contributed by atoms with van der Waals surface area (Å²) in [7, 11) is 5.29. The van der Waals surface area contributed by atoms with E-state index in [1.165, 1.54) is 7.11 Å². The van der Waals surface area contributed by atoms with Gasteiger partial charge in [-0.15, -0.1) is 0 Å². The van der Waals surface area contributed by atoms with Crippen molar-refractivity contribution in [3.8, 4) is 5.88 Å². The van der Waals surface area contributed by atoms with Crippen molar-refractivity contribution in [3.63, 3.8) is 0 Å². The number of nitrogens with two attached hydrogens (primary N) is 1. The van der Waals surface area contributed by atoms with E-state index in [0.29, 0.717) is 11.6 Å². The highest BCUT2D eigenvalue weighted by atomic mass is 16.5. The van der Waals surface area contributed by atoms with Gasteiger partial charge in [0.25, 0.3) is 0 Å². The lowest BCUT2D eigenvalue weighted by atomic mass is 10.2. The fourth-order valence-corrected chi connectivity index (χ4v) is 1.56. The molecular weight excluding hydrogens is 232 g/mol. The van der Waals surface area contributed by atoms with Crippen molar-refractivity contribution < 1.29 is 9.53 Å². The van der Waals surface area contributed by atoms with Gasteiger partial charge < -0.3 is 20.7 Å². The molecule has 0 bridgehead atoms. The minimum Gasteiger partial charge on any atom is -0.479 e. The third-order valence-electron chi connectivity index (χ3n) is 2.34. The molecule has 0 radical (unpaired) electrons. The first kappa shape index (κ1) is 14.2. The Morgan fingerprint density at radius 3 is 2.78 bits per heavy atom. The highest BCUT2D eigenvalue weighted by Crippen LogP contribution is 2.31.